The number of carbonyl (C=O) groups excluding carboxylic acids is 2. The van der Waals surface area contributed by atoms with Gasteiger partial charge in [0.05, 0.1) is 10.3 Å². The van der Waals surface area contributed by atoms with Crippen LogP contribution in [0.15, 0.2) is 51.8 Å². The summed E-state index contributed by atoms with van der Waals surface area (Å²) in [5.74, 6) is 1.63. The maximum atomic E-state index is 14.1. The third kappa shape index (κ3) is 4.86. The van der Waals surface area contributed by atoms with Gasteiger partial charge in [0, 0.05) is 15.6 Å². The monoisotopic (exact) mass is 600 g/mol. The topological polar surface area (TPSA) is 58.6 Å². The molecule has 0 spiro atoms. The Morgan fingerprint density at radius 3 is 2.51 bits per heavy atom. The second-order valence-corrected chi connectivity index (χ2v) is 13.3. The first-order chi connectivity index (χ1) is 17.8. The highest BCUT2D eigenvalue weighted by atomic mass is 79.9. The van der Waals surface area contributed by atoms with E-state index in [1.807, 2.05) is 12.1 Å². The molecule has 9 heteroatoms. The predicted molar refractivity (Wildman–Crippen MR) is 149 cm³/mol. The van der Waals surface area contributed by atoms with Crippen LogP contribution in [0.5, 0.6) is 5.75 Å². The molecule has 37 heavy (non-hydrogen) atoms. The average Bonchev–Trinajstić information content (AvgIpc) is 3.11. The minimum absolute atomic E-state index is 0.0528. The Bertz CT molecular complexity index is 1290. The number of carbonyl (C=O) groups is 2. The van der Waals surface area contributed by atoms with Crippen molar-refractivity contribution < 1.29 is 18.7 Å². The quantitative estimate of drug-likeness (QED) is 0.298. The van der Waals surface area contributed by atoms with Crippen molar-refractivity contribution in [2.45, 2.75) is 45.1 Å². The number of thioether (sulfide) groups is 1. The molecule has 5 nitrogen and oxygen atoms in total. The van der Waals surface area contributed by atoms with Gasteiger partial charge in [0.1, 0.15) is 18.2 Å². The normalized spacial score (nSPS) is 29.3. The van der Waals surface area contributed by atoms with Crippen LogP contribution < -0.4 is 10.2 Å². The van der Waals surface area contributed by atoms with Crippen LogP contribution in [0, 0.1) is 29.0 Å². The minimum atomic E-state index is -0.375. The smallest absolute Gasteiger partial charge is 0.285 e. The third-order valence-corrected chi connectivity index (χ3v) is 9.92. The van der Waals surface area contributed by atoms with Gasteiger partial charge in [-0.3, -0.25) is 15.0 Å². The van der Waals surface area contributed by atoms with Crippen LogP contribution in [0.4, 0.5) is 4.39 Å². The predicted octanol–water partition coefficient (Wildman–Crippen LogP) is 6.62. The van der Waals surface area contributed by atoms with E-state index in [9.17, 15) is 14.0 Å². The molecule has 5 fully saturated rings. The first-order valence-corrected chi connectivity index (χ1v) is 14.6. The van der Waals surface area contributed by atoms with Gasteiger partial charge < -0.3 is 4.74 Å². The summed E-state index contributed by atoms with van der Waals surface area (Å²) < 4.78 is 21.1. The Labute approximate surface area is 233 Å². The zero-order chi connectivity index (χ0) is 25.7. The third-order valence-electron chi connectivity index (χ3n) is 8.13. The molecule has 7 rings (SSSR count). The van der Waals surface area contributed by atoms with Crippen molar-refractivity contribution in [3.05, 3.63) is 68.8 Å². The molecule has 4 bridgehead atoms. The number of thiocarbonyl (C=S) groups is 1. The number of halogens is 2. The molecule has 2 aromatic carbocycles. The van der Waals surface area contributed by atoms with Gasteiger partial charge in [-0.2, -0.15) is 5.01 Å². The van der Waals surface area contributed by atoms with Gasteiger partial charge in [-0.15, -0.1) is 0 Å². The number of nitrogens with one attached hydrogen (secondary N) is 1. The maximum absolute atomic E-state index is 14.1. The van der Waals surface area contributed by atoms with Crippen molar-refractivity contribution in [3.63, 3.8) is 0 Å². The zero-order valence-corrected chi connectivity index (χ0v) is 23.3. The van der Waals surface area contributed by atoms with Crippen LogP contribution in [0.1, 0.15) is 49.7 Å². The lowest BCUT2D eigenvalue weighted by atomic mass is 9.49. The molecule has 0 unspecified atom stereocenters. The van der Waals surface area contributed by atoms with Gasteiger partial charge in [0.2, 0.25) is 5.91 Å². The van der Waals surface area contributed by atoms with Gasteiger partial charge in [-0.1, -0.05) is 45.9 Å². The van der Waals surface area contributed by atoms with Crippen molar-refractivity contribution in [1.82, 2.24) is 10.4 Å². The molecule has 4 aliphatic carbocycles. The second kappa shape index (κ2) is 9.82. The molecule has 1 N–H and O–H groups in total. The van der Waals surface area contributed by atoms with Crippen LogP contribution in [0.25, 0.3) is 6.08 Å². The van der Waals surface area contributed by atoms with Crippen molar-refractivity contribution in [1.29, 1.82) is 0 Å². The summed E-state index contributed by atoms with van der Waals surface area (Å²) in [5.41, 5.74) is 3.61. The fourth-order valence-corrected chi connectivity index (χ4v) is 8.40. The van der Waals surface area contributed by atoms with Crippen LogP contribution in [-0.2, 0) is 16.2 Å². The van der Waals surface area contributed by atoms with Crippen LogP contribution in [0.3, 0.4) is 0 Å². The average molecular weight is 602 g/mol. The fourth-order valence-electron chi connectivity index (χ4n) is 6.85. The molecular formula is C28H26BrFN2O3S2. The van der Waals surface area contributed by atoms with E-state index in [1.54, 1.807) is 30.3 Å². The number of ether oxygens (including phenoxy) is 1. The Morgan fingerprint density at radius 1 is 1.16 bits per heavy atom. The Kier molecular flexibility index (Phi) is 6.65. The summed E-state index contributed by atoms with van der Waals surface area (Å²) in [7, 11) is 0. The molecule has 0 atom stereocenters. The Hall–Kier alpha value is -2.23. The highest BCUT2D eigenvalue weighted by Gasteiger charge is 2.55. The lowest BCUT2D eigenvalue weighted by Gasteiger charge is -2.55. The molecule has 2 aromatic rings. The summed E-state index contributed by atoms with van der Waals surface area (Å²) in [6, 6.07) is 11.9. The molecular weight excluding hydrogens is 575 g/mol. The molecule has 5 aliphatic rings. The van der Waals surface area contributed by atoms with Crippen molar-refractivity contribution >= 4 is 62.1 Å². The molecule has 2 amide bonds. The molecule has 0 aromatic heterocycles. The van der Waals surface area contributed by atoms with Crippen LogP contribution in [0.2, 0.25) is 0 Å². The van der Waals surface area contributed by atoms with Gasteiger partial charge >= 0.3 is 0 Å². The number of hydrogen-bond donors (Lipinski definition) is 1. The van der Waals surface area contributed by atoms with Gasteiger partial charge in [-0.25, -0.2) is 4.39 Å². The highest BCUT2D eigenvalue weighted by molar-refractivity contribution is 9.10. The van der Waals surface area contributed by atoms with E-state index >= 15 is 0 Å². The van der Waals surface area contributed by atoms with Crippen LogP contribution in [-0.4, -0.2) is 21.1 Å². The number of benzene rings is 2. The molecule has 0 radical (unpaired) electrons. The SMILES string of the molecule is O=C1/C(=C/c2cc(Br)ccc2OCc2ccccc2F)SC(=S)N1NC(=O)C12CC3CC(CC(C3)C1)C2. The summed E-state index contributed by atoms with van der Waals surface area (Å²) in [6.45, 7) is 0.0528. The molecule has 1 aliphatic heterocycles. The lowest BCUT2D eigenvalue weighted by molar-refractivity contribution is -0.152. The second-order valence-electron chi connectivity index (χ2n) is 10.7. The van der Waals surface area contributed by atoms with Crippen LogP contribution >= 0.6 is 39.9 Å². The van der Waals surface area contributed by atoms with Gasteiger partial charge in [0.25, 0.3) is 5.91 Å². The van der Waals surface area contributed by atoms with E-state index in [4.69, 9.17) is 17.0 Å². The van der Waals surface area contributed by atoms with Crippen molar-refractivity contribution in [2.24, 2.45) is 23.2 Å². The van der Waals surface area contributed by atoms with E-state index in [0.717, 1.165) is 35.5 Å². The number of amides is 2. The first-order valence-electron chi connectivity index (χ1n) is 12.5. The number of hydrazine groups is 1. The first kappa shape index (κ1) is 25.1. The number of rotatable bonds is 6. The van der Waals surface area contributed by atoms with Crippen molar-refractivity contribution in [2.75, 3.05) is 0 Å². The lowest BCUT2D eigenvalue weighted by Crippen LogP contribution is -2.57. The number of nitrogens with zero attached hydrogens (tertiary/aromatic N) is 1. The Morgan fingerprint density at radius 2 is 1.84 bits per heavy atom. The van der Waals surface area contributed by atoms with Gasteiger partial charge in [-0.05, 0) is 98.8 Å². The fraction of sp³-hybridized carbons (Fsp3) is 0.393. The minimum Gasteiger partial charge on any atom is -0.488 e. The molecule has 4 saturated carbocycles. The van der Waals surface area contributed by atoms with E-state index in [2.05, 4.69) is 21.4 Å². The standard InChI is InChI=1S/C28H26BrFN2O3S2/c29-21-5-6-23(35-15-19-3-1-2-4-22(19)30)20(10-21)11-24-25(33)32(27(36)37-24)31-26(34)28-12-16-7-17(13-28)9-18(8-16)14-28/h1-6,10-11,16-18H,7-9,12-15H2,(H,31,34)/b24-11-. The molecule has 1 saturated heterocycles. The highest BCUT2D eigenvalue weighted by Crippen LogP contribution is 2.60. The van der Waals surface area contributed by atoms with Crippen molar-refractivity contribution in [3.8, 4) is 5.75 Å². The number of hydrogen-bond acceptors (Lipinski definition) is 5. The Balaban J connectivity index is 1.19. The molecule has 192 valence electrons. The van der Waals surface area contributed by atoms with E-state index in [0.29, 0.717) is 43.9 Å². The van der Waals surface area contributed by atoms with Gasteiger partial charge in [0.15, 0.2) is 4.32 Å². The van der Waals surface area contributed by atoms with E-state index in [-0.39, 0.29) is 29.7 Å². The zero-order valence-electron chi connectivity index (χ0n) is 20.0. The summed E-state index contributed by atoms with van der Waals surface area (Å²) >= 11 is 10.1. The van der Waals surface area contributed by atoms with E-state index < -0.39 is 0 Å². The summed E-state index contributed by atoms with van der Waals surface area (Å²) in [4.78, 5) is 27.2. The summed E-state index contributed by atoms with van der Waals surface area (Å²) in [5, 5.41) is 1.23. The van der Waals surface area contributed by atoms with E-state index in [1.165, 1.54) is 30.3 Å². The molecule has 1 heterocycles. The maximum Gasteiger partial charge on any atom is 0.285 e. The largest absolute Gasteiger partial charge is 0.488 e. The summed E-state index contributed by atoms with van der Waals surface area (Å²) in [6.07, 6.45) is 8.17.